The molecule has 0 bridgehead atoms. The van der Waals surface area contributed by atoms with Gasteiger partial charge in [-0.1, -0.05) is 0 Å². The molecule has 0 aliphatic carbocycles. The van der Waals surface area contributed by atoms with Crippen molar-refractivity contribution < 1.29 is 4.79 Å². The molecule has 0 aliphatic heterocycles. The van der Waals surface area contributed by atoms with Gasteiger partial charge in [-0.05, 0) is 34.5 Å². The summed E-state index contributed by atoms with van der Waals surface area (Å²) in [5.74, 6) is 0.480. The Kier molecular flexibility index (Phi) is 3.69. The number of halogens is 2. The first-order valence-corrected chi connectivity index (χ1v) is 6.45. The molecule has 0 fully saturated rings. The van der Waals surface area contributed by atoms with Gasteiger partial charge in [-0.15, -0.1) is 11.6 Å². The van der Waals surface area contributed by atoms with Crippen LogP contribution < -0.4 is 5.69 Å². The van der Waals surface area contributed by atoms with Crippen molar-refractivity contribution in [1.29, 1.82) is 0 Å². The molecule has 0 aliphatic rings. The lowest BCUT2D eigenvalue weighted by Crippen LogP contribution is -2.00. The number of nitrogens with one attached hydrogen (secondary N) is 2. The summed E-state index contributed by atoms with van der Waals surface area (Å²) in [5.41, 5.74) is 1.60. The van der Waals surface area contributed by atoms with Crippen molar-refractivity contribution in [1.82, 2.24) is 9.97 Å². The lowest BCUT2D eigenvalue weighted by molar-refractivity contribution is 0.0981. The predicted octanol–water partition coefficient (Wildman–Crippen LogP) is 2.82. The zero-order valence-corrected chi connectivity index (χ0v) is 11.2. The summed E-state index contributed by atoms with van der Waals surface area (Å²) in [5, 5.41) is 0. The van der Waals surface area contributed by atoms with E-state index in [0.29, 0.717) is 39.8 Å². The molecule has 0 unspecified atom stereocenters. The molecule has 1 aromatic heterocycles. The van der Waals surface area contributed by atoms with Crippen LogP contribution in [0.3, 0.4) is 0 Å². The molecule has 0 atom stereocenters. The molecular formula is C11H10BrClN2O2. The molecule has 2 rings (SSSR count). The highest BCUT2D eigenvalue weighted by Gasteiger charge is 2.12. The summed E-state index contributed by atoms with van der Waals surface area (Å²) in [4.78, 5) is 28.3. The number of carbonyl (C=O) groups is 1. The van der Waals surface area contributed by atoms with Crippen LogP contribution in [0, 0.1) is 0 Å². The van der Waals surface area contributed by atoms with E-state index in [2.05, 4.69) is 25.9 Å². The second-order valence-corrected chi connectivity index (χ2v) is 4.90. The maximum absolute atomic E-state index is 11.9. The normalized spacial score (nSPS) is 10.9. The highest BCUT2D eigenvalue weighted by atomic mass is 79.9. The molecule has 0 amide bonds. The van der Waals surface area contributed by atoms with Gasteiger partial charge in [0.1, 0.15) is 0 Å². The van der Waals surface area contributed by atoms with Crippen LogP contribution in [0.4, 0.5) is 0 Å². The maximum atomic E-state index is 11.9. The van der Waals surface area contributed by atoms with Crippen LogP contribution in [0.2, 0.25) is 0 Å². The van der Waals surface area contributed by atoms with Crippen LogP contribution in [-0.4, -0.2) is 21.6 Å². The number of hydrogen-bond acceptors (Lipinski definition) is 2. The van der Waals surface area contributed by atoms with Gasteiger partial charge in [-0.3, -0.25) is 4.79 Å². The van der Waals surface area contributed by atoms with Crippen molar-refractivity contribution in [3.8, 4) is 0 Å². The van der Waals surface area contributed by atoms with E-state index in [1.165, 1.54) is 0 Å². The number of benzene rings is 1. The van der Waals surface area contributed by atoms with Gasteiger partial charge in [0, 0.05) is 22.3 Å². The third-order valence-corrected chi connectivity index (χ3v) is 3.36. The van der Waals surface area contributed by atoms with Crippen molar-refractivity contribution in [2.24, 2.45) is 0 Å². The zero-order valence-electron chi connectivity index (χ0n) is 8.85. The molecule has 1 heterocycles. The third-order valence-electron chi connectivity index (χ3n) is 2.44. The first-order valence-electron chi connectivity index (χ1n) is 5.12. The predicted molar refractivity (Wildman–Crippen MR) is 70.9 cm³/mol. The van der Waals surface area contributed by atoms with Gasteiger partial charge in [-0.2, -0.15) is 0 Å². The minimum Gasteiger partial charge on any atom is -0.306 e. The maximum Gasteiger partial charge on any atom is 0.323 e. The molecule has 90 valence electrons. The summed E-state index contributed by atoms with van der Waals surface area (Å²) in [6.45, 7) is 0. The summed E-state index contributed by atoms with van der Waals surface area (Å²) < 4.78 is 0.680. The van der Waals surface area contributed by atoms with Crippen LogP contribution in [0.1, 0.15) is 23.2 Å². The van der Waals surface area contributed by atoms with E-state index in [0.717, 1.165) is 0 Å². The lowest BCUT2D eigenvalue weighted by Gasteiger charge is -2.03. The molecule has 2 aromatic rings. The Morgan fingerprint density at radius 1 is 1.29 bits per heavy atom. The van der Waals surface area contributed by atoms with Crippen molar-refractivity contribution in [2.45, 2.75) is 12.8 Å². The van der Waals surface area contributed by atoms with Crippen molar-refractivity contribution in [3.05, 3.63) is 32.7 Å². The largest absolute Gasteiger partial charge is 0.323 e. The van der Waals surface area contributed by atoms with Crippen LogP contribution in [-0.2, 0) is 0 Å². The molecule has 0 saturated carbocycles. The van der Waals surface area contributed by atoms with Crippen LogP contribution >= 0.6 is 27.5 Å². The first kappa shape index (κ1) is 12.4. The zero-order chi connectivity index (χ0) is 12.4. The molecule has 0 spiro atoms. The summed E-state index contributed by atoms with van der Waals surface area (Å²) in [7, 11) is 0. The van der Waals surface area contributed by atoms with E-state index in [4.69, 9.17) is 11.6 Å². The second kappa shape index (κ2) is 5.06. The van der Waals surface area contributed by atoms with Gasteiger partial charge in [0.15, 0.2) is 5.78 Å². The molecule has 0 radical (unpaired) electrons. The van der Waals surface area contributed by atoms with Gasteiger partial charge < -0.3 is 9.97 Å². The lowest BCUT2D eigenvalue weighted by atomic mass is 10.1. The fourth-order valence-corrected chi connectivity index (χ4v) is 2.33. The smallest absolute Gasteiger partial charge is 0.306 e. The van der Waals surface area contributed by atoms with Gasteiger partial charge in [0.25, 0.3) is 0 Å². The topological polar surface area (TPSA) is 65.7 Å². The quantitative estimate of drug-likeness (QED) is 0.672. The number of ketones is 1. The summed E-state index contributed by atoms with van der Waals surface area (Å²) >= 11 is 8.88. The minimum absolute atomic E-state index is 0.0153. The molecule has 4 nitrogen and oxygen atoms in total. The average Bonchev–Trinajstić information content (AvgIpc) is 2.64. The number of carbonyl (C=O) groups excluding carboxylic acids is 1. The van der Waals surface area contributed by atoms with Crippen molar-refractivity contribution >= 4 is 44.3 Å². The molecular weight excluding hydrogens is 307 g/mol. The van der Waals surface area contributed by atoms with Crippen molar-refractivity contribution in [3.63, 3.8) is 0 Å². The van der Waals surface area contributed by atoms with E-state index in [9.17, 15) is 9.59 Å². The Labute approximate surface area is 110 Å². The van der Waals surface area contributed by atoms with Gasteiger partial charge in [0.05, 0.1) is 11.0 Å². The summed E-state index contributed by atoms with van der Waals surface area (Å²) in [6, 6.07) is 3.40. The number of hydrogen-bond donors (Lipinski definition) is 2. The molecule has 1 aromatic carbocycles. The molecule has 17 heavy (non-hydrogen) atoms. The van der Waals surface area contributed by atoms with E-state index in [1.54, 1.807) is 12.1 Å². The standard InChI is InChI=1S/C11H10BrClN2O2/c12-7-5-9-8(14-11(17)15-9)4-6(7)10(16)2-1-3-13/h4-5H,1-3H2,(H2,14,15,17). The number of alkyl halides is 1. The Morgan fingerprint density at radius 2 is 1.94 bits per heavy atom. The number of imidazole rings is 1. The Bertz CT molecular complexity index is 617. The Morgan fingerprint density at radius 3 is 2.59 bits per heavy atom. The monoisotopic (exact) mass is 316 g/mol. The number of Topliss-reactive ketones (excluding diaryl/α,β-unsaturated/α-hetero) is 1. The number of aromatic amines is 2. The third kappa shape index (κ3) is 2.61. The van der Waals surface area contributed by atoms with Crippen LogP contribution in [0.15, 0.2) is 21.4 Å². The second-order valence-electron chi connectivity index (χ2n) is 3.67. The Balaban J connectivity index is 2.43. The molecule has 0 saturated heterocycles. The van der Waals surface area contributed by atoms with Crippen LogP contribution in [0.25, 0.3) is 11.0 Å². The van der Waals surface area contributed by atoms with Gasteiger partial charge >= 0.3 is 5.69 Å². The van der Waals surface area contributed by atoms with Gasteiger partial charge in [-0.25, -0.2) is 4.79 Å². The van der Waals surface area contributed by atoms with E-state index in [1.807, 2.05) is 0 Å². The summed E-state index contributed by atoms with van der Waals surface area (Å²) in [6.07, 6.45) is 1.05. The fourth-order valence-electron chi connectivity index (χ4n) is 1.63. The van der Waals surface area contributed by atoms with E-state index in [-0.39, 0.29) is 11.5 Å². The number of H-pyrrole nitrogens is 2. The molecule has 2 N–H and O–H groups in total. The minimum atomic E-state index is -0.280. The number of fused-ring (bicyclic) bond motifs is 1. The Hall–Kier alpha value is -1.07. The SMILES string of the molecule is O=C(CCCCl)c1cc2[nH]c(=O)[nH]c2cc1Br. The van der Waals surface area contributed by atoms with Gasteiger partial charge in [0.2, 0.25) is 0 Å². The van der Waals surface area contributed by atoms with Crippen LogP contribution in [0.5, 0.6) is 0 Å². The van der Waals surface area contributed by atoms with Crippen molar-refractivity contribution in [2.75, 3.05) is 5.88 Å². The highest BCUT2D eigenvalue weighted by molar-refractivity contribution is 9.10. The first-order chi connectivity index (χ1) is 8.11. The van der Waals surface area contributed by atoms with E-state index >= 15 is 0 Å². The highest BCUT2D eigenvalue weighted by Crippen LogP contribution is 2.23. The van der Waals surface area contributed by atoms with E-state index < -0.39 is 0 Å². The number of aromatic nitrogens is 2. The molecule has 6 heteroatoms. The fraction of sp³-hybridized carbons (Fsp3) is 0.273. The average molecular weight is 318 g/mol. The number of rotatable bonds is 4.